The molecule has 106 valence electrons. The van der Waals surface area contributed by atoms with Crippen LogP contribution in [-0.4, -0.2) is 0 Å². The zero-order valence-electron chi connectivity index (χ0n) is 12.3. The van der Waals surface area contributed by atoms with Gasteiger partial charge in [-0.3, -0.25) is 0 Å². The number of hydrogen-bond acceptors (Lipinski definition) is 2. The Hall–Kier alpha value is -1.96. The SMILES string of the molecule is CCC(C)Cc1cc(OCc2ccccc2)ccc1N. The Labute approximate surface area is 121 Å². The summed E-state index contributed by atoms with van der Waals surface area (Å²) in [5.41, 5.74) is 9.26. The molecule has 0 fully saturated rings. The molecular weight excluding hydrogens is 246 g/mol. The van der Waals surface area contributed by atoms with Gasteiger partial charge in [-0.25, -0.2) is 0 Å². The fourth-order valence-electron chi connectivity index (χ4n) is 2.11. The molecule has 20 heavy (non-hydrogen) atoms. The first-order valence-electron chi connectivity index (χ1n) is 7.24. The summed E-state index contributed by atoms with van der Waals surface area (Å²) in [6.45, 7) is 5.04. The average Bonchev–Trinajstić information content (AvgIpc) is 2.49. The number of rotatable bonds is 6. The van der Waals surface area contributed by atoms with Crippen molar-refractivity contribution in [2.45, 2.75) is 33.3 Å². The van der Waals surface area contributed by atoms with Crippen molar-refractivity contribution in [1.29, 1.82) is 0 Å². The number of nitrogens with two attached hydrogens (primary N) is 1. The molecular formula is C18H23NO. The molecule has 0 saturated carbocycles. The lowest BCUT2D eigenvalue weighted by atomic mass is 9.97. The third-order valence-corrected chi connectivity index (χ3v) is 3.63. The van der Waals surface area contributed by atoms with Crippen LogP contribution in [0, 0.1) is 5.92 Å². The fraction of sp³-hybridized carbons (Fsp3) is 0.333. The van der Waals surface area contributed by atoms with Crippen molar-refractivity contribution in [3.63, 3.8) is 0 Å². The van der Waals surface area contributed by atoms with Crippen LogP contribution in [0.1, 0.15) is 31.4 Å². The van der Waals surface area contributed by atoms with Crippen molar-refractivity contribution in [3.05, 3.63) is 59.7 Å². The largest absolute Gasteiger partial charge is 0.489 e. The molecule has 0 spiro atoms. The van der Waals surface area contributed by atoms with E-state index in [0.717, 1.165) is 24.3 Å². The Bertz CT molecular complexity index is 536. The first-order chi connectivity index (χ1) is 9.69. The molecule has 2 heteroatoms. The second kappa shape index (κ2) is 6.99. The molecule has 2 aromatic rings. The van der Waals surface area contributed by atoms with Crippen LogP contribution in [0.5, 0.6) is 5.75 Å². The van der Waals surface area contributed by atoms with Crippen LogP contribution in [0.15, 0.2) is 48.5 Å². The minimum absolute atomic E-state index is 0.591. The smallest absolute Gasteiger partial charge is 0.120 e. The Morgan fingerprint density at radius 1 is 1.10 bits per heavy atom. The molecule has 0 saturated heterocycles. The van der Waals surface area contributed by atoms with Crippen molar-refractivity contribution in [3.8, 4) is 5.75 Å². The van der Waals surface area contributed by atoms with E-state index in [1.165, 1.54) is 11.1 Å². The highest BCUT2D eigenvalue weighted by molar-refractivity contribution is 5.50. The quantitative estimate of drug-likeness (QED) is 0.787. The third-order valence-electron chi connectivity index (χ3n) is 3.63. The Morgan fingerprint density at radius 2 is 1.85 bits per heavy atom. The molecule has 2 nitrogen and oxygen atoms in total. The summed E-state index contributed by atoms with van der Waals surface area (Å²) in [6, 6.07) is 16.2. The second-order valence-electron chi connectivity index (χ2n) is 5.35. The van der Waals surface area contributed by atoms with Crippen molar-refractivity contribution < 1.29 is 4.74 Å². The van der Waals surface area contributed by atoms with E-state index in [-0.39, 0.29) is 0 Å². The van der Waals surface area contributed by atoms with E-state index in [9.17, 15) is 0 Å². The first kappa shape index (κ1) is 14.4. The molecule has 0 heterocycles. The van der Waals surface area contributed by atoms with Gasteiger partial charge >= 0.3 is 0 Å². The summed E-state index contributed by atoms with van der Waals surface area (Å²) < 4.78 is 5.85. The Balaban J connectivity index is 2.03. The average molecular weight is 269 g/mol. The molecule has 0 aliphatic carbocycles. The van der Waals surface area contributed by atoms with Gasteiger partial charge in [-0.2, -0.15) is 0 Å². The minimum Gasteiger partial charge on any atom is -0.489 e. The van der Waals surface area contributed by atoms with Crippen LogP contribution in [0.2, 0.25) is 0 Å². The Kier molecular flexibility index (Phi) is 5.05. The molecule has 1 unspecified atom stereocenters. The number of anilines is 1. The fourth-order valence-corrected chi connectivity index (χ4v) is 2.11. The monoisotopic (exact) mass is 269 g/mol. The van der Waals surface area contributed by atoms with Crippen LogP contribution < -0.4 is 10.5 Å². The van der Waals surface area contributed by atoms with Gasteiger partial charge in [-0.1, -0.05) is 50.6 Å². The highest BCUT2D eigenvalue weighted by Crippen LogP contribution is 2.24. The summed E-state index contributed by atoms with van der Waals surface area (Å²) in [7, 11) is 0. The maximum atomic E-state index is 6.04. The number of nitrogen functional groups attached to an aromatic ring is 1. The molecule has 0 radical (unpaired) electrons. The normalized spacial score (nSPS) is 12.1. The molecule has 0 aromatic heterocycles. The molecule has 0 aliphatic heterocycles. The van der Waals surface area contributed by atoms with Gasteiger partial charge < -0.3 is 10.5 Å². The van der Waals surface area contributed by atoms with E-state index < -0.39 is 0 Å². The van der Waals surface area contributed by atoms with E-state index in [1.807, 2.05) is 30.3 Å². The van der Waals surface area contributed by atoms with Crippen LogP contribution in [-0.2, 0) is 13.0 Å². The van der Waals surface area contributed by atoms with Gasteiger partial charge in [0.1, 0.15) is 12.4 Å². The predicted octanol–water partition coefficient (Wildman–Crippen LogP) is 4.44. The molecule has 2 rings (SSSR count). The number of benzene rings is 2. The van der Waals surface area contributed by atoms with Crippen LogP contribution in [0.25, 0.3) is 0 Å². The lowest BCUT2D eigenvalue weighted by molar-refractivity contribution is 0.306. The molecule has 0 aliphatic rings. The zero-order valence-corrected chi connectivity index (χ0v) is 12.3. The van der Waals surface area contributed by atoms with E-state index in [4.69, 9.17) is 10.5 Å². The summed E-state index contributed by atoms with van der Waals surface area (Å²) in [5.74, 6) is 1.53. The number of ether oxygens (including phenoxy) is 1. The molecule has 2 aromatic carbocycles. The summed E-state index contributed by atoms with van der Waals surface area (Å²) >= 11 is 0. The van der Waals surface area contributed by atoms with Gasteiger partial charge in [-0.05, 0) is 41.7 Å². The lowest BCUT2D eigenvalue weighted by Crippen LogP contribution is -2.03. The van der Waals surface area contributed by atoms with Gasteiger partial charge in [0, 0.05) is 5.69 Å². The highest BCUT2D eigenvalue weighted by atomic mass is 16.5. The minimum atomic E-state index is 0.591. The van der Waals surface area contributed by atoms with E-state index in [2.05, 4.69) is 32.0 Å². The van der Waals surface area contributed by atoms with Gasteiger partial charge in [0.15, 0.2) is 0 Å². The van der Waals surface area contributed by atoms with Crippen molar-refractivity contribution in [1.82, 2.24) is 0 Å². The zero-order chi connectivity index (χ0) is 14.4. The van der Waals surface area contributed by atoms with Crippen LogP contribution in [0.3, 0.4) is 0 Å². The summed E-state index contributed by atoms with van der Waals surface area (Å²) in [4.78, 5) is 0. The van der Waals surface area contributed by atoms with Crippen LogP contribution in [0.4, 0.5) is 5.69 Å². The van der Waals surface area contributed by atoms with Gasteiger partial charge in [0.25, 0.3) is 0 Å². The lowest BCUT2D eigenvalue weighted by Gasteiger charge is -2.13. The topological polar surface area (TPSA) is 35.2 Å². The summed E-state index contributed by atoms with van der Waals surface area (Å²) in [6.07, 6.45) is 2.17. The van der Waals surface area contributed by atoms with Crippen molar-refractivity contribution in [2.75, 3.05) is 5.73 Å². The van der Waals surface area contributed by atoms with Gasteiger partial charge in [0.05, 0.1) is 0 Å². The second-order valence-corrected chi connectivity index (χ2v) is 5.35. The summed E-state index contributed by atoms with van der Waals surface area (Å²) in [5, 5.41) is 0. The number of hydrogen-bond donors (Lipinski definition) is 1. The molecule has 1 atom stereocenters. The van der Waals surface area contributed by atoms with E-state index in [1.54, 1.807) is 0 Å². The molecule has 0 bridgehead atoms. The molecule has 2 N–H and O–H groups in total. The van der Waals surface area contributed by atoms with E-state index >= 15 is 0 Å². The standard InChI is InChI=1S/C18H23NO/c1-3-14(2)11-16-12-17(9-10-18(16)19)20-13-15-7-5-4-6-8-15/h4-10,12,14H,3,11,13,19H2,1-2H3. The highest BCUT2D eigenvalue weighted by Gasteiger charge is 2.06. The third kappa shape index (κ3) is 4.02. The predicted molar refractivity (Wildman–Crippen MR) is 84.8 cm³/mol. The molecule has 0 amide bonds. The van der Waals surface area contributed by atoms with Gasteiger partial charge in [-0.15, -0.1) is 0 Å². The van der Waals surface area contributed by atoms with Crippen molar-refractivity contribution >= 4 is 5.69 Å². The maximum absolute atomic E-state index is 6.04. The van der Waals surface area contributed by atoms with E-state index in [0.29, 0.717) is 12.5 Å². The van der Waals surface area contributed by atoms with Crippen LogP contribution >= 0.6 is 0 Å². The first-order valence-corrected chi connectivity index (χ1v) is 7.24. The Morgan fingerprint density at radius 3 is 2.55 bits per heavy atom. The van der Waals surface area contributed by atoms with Gasteiger partial charge in [0.2, 0.25) is 0 Å². The maximum Gasteiger partial charge on any atom is 0.120 e. The van der Waals surface area contributed by atoms with Crippen molar-refractivity contribution in [2.24, 2.45) is 5.92 Å².